The highest BCUT2D eigenvalue weighted by Gasteiger charge is 2.28. The van der Waals surface area contributed by atoms with Crippen molar-refractivity contribution in [3.63, 3.8) is 0 Å². The number of anilines is 2. The Balaban J connectivity index is 1.48. The van der Waals surface area contributed by atoms with Gasteiger partial charge in [-0.3, -0.25) is 0 Å². The van der Waals surface area contributed by atoms with Gasteiger partial charge in [0.2, 0.25) is 0 Å². The molecular formula is C33H44N2O2. The summed E-state index contributed by atoms with van der Waals surface area (Å²) in [6.45, 7) is 11.2. The number of aryl methyl sites for hydroxylation is 1. The van der Waals surface area contributed by atoms with Gasteiger partial charge in [-0.15, -0.1) is 0 Å². The zero-order valence-electron chi connectivity index (χ0n) is 23.0. The highest BCUT2D eigenvalue weighted by atomic mass is 16.5. The normalized spacial score (nSPS) is 15.0. The van der Waals surface area contributed by atoms with Crippen LogP contribution in [-0.2, 0) is 6.42 Å². The highest BCUT2D eigenvalue weighted by molar-refractivity contribution is 5.70. The second-order valence-electron chi connectivity index (χ2n) is 9.90. The SMILES string of the molecule is CCCCCCOc1ccc(C2CCc3ccccc3N2c2ccc(OCCN(CC)CC)cc2)cc1. The molecule has 0 aliphatic carbocycles. The lowest BCUT2D eigenvalue weighted by molar-refractivity contribution is 0.223. The summed E-state index contributed by atoms with van der Waals surface area (Å²) < 4.78 is 12.1. The van der Waals surface area contributed by atoms with Gasteiger partial charge in [-0.2, -0.15) is 0 Å². The van der Waals surface area contributed by atoms with E-state index in [4.69, 9.17) is 9.47 Å². The lowest BCUT2D eigenvalue weighted by Gasteiger charge is -2.39. The van der Waals surface area contributed by atoms with Crippen molar-refractivity contribution >= 4 is 11.4 Å². The molecule has 3 aromatic rings. The van der Waals surface area contributed by atoms with Crippen LogP contribution in [0.2, 0.25) is 0 Å². The predicted octanol–water partition coefficient (Wildman–Crippen LogP) is 8.19. The zero-order valence-corrected chi connectivity index (χ0v) is 23.0. The van der Waals surface area contributed by atoms with Gasteiger partial charge < -0.3 is 19.3 Å². The summed E-state index contributed by atoms with van der Waals surface area (Å²) in [5, 5.41) is 0. The van der Waals surface area contributed by atoms with E-state index in [0.717, 1.165) is 57.0 Å². The molecule has 37 heavy (non-hydrogen) atoms. The third-order valence-electron chi connectivity index (χ3n) is 7.47. The Kier molecular flexibility index (Phi) is 10.3. The molecule has 0 radical (unpaired) electrons. The monoisotopic (exact) mass is 500 g/mol. The molecule has 0 bridgehead atoms. The van der Waals surface area contributed by atoms with E-state index in [-0.39, 0.29) is 6.04 Å². The van der Waals surface area contributed by atoms with E-state index in [0.29, 0.717) is 6.61 Å². The lowest BCUT2D eigenvalue weighted by Crippen LogP contribution is -2.29. The third kappa shape index (κ3) is 7.29. The second kappa shape index (κ2) is 14.1. The van der Waals surface area contributed by atoms with E-state index >= 15 is 0 Å². The number of unbranched alkanes of at least 4 members (excludes halogenated alkanes) is 3. The maximum atomic E-state index is 6.06. The van der Waals surface area contributed by atoms with Gasteiger partial charge in [0.15, 0.2) is 0 Å². The molecule has 4 nitrogen and oxygen atoms in total. The van der Waals surface area contributed by atoms with Gasteiger partial charge in [0, 0.05) is 17.9 Å². The minimum atomic E-state index is 0.280. The third-order valence-corrected chi connectivity index (χ3v) is 7.47. The van der Waals surface area contributed by atoms with Gasteiger partial charge >= 0.3 is 0 Å². The minimum Gasteiger partial charge on any atom is -0.494 e. The molecule has 1 unspecified atom stereocenters. The van der Waals surface area contributed by atoms with Gasteiger partial charge in [-0.1, -0.05) is 70.4 Å². The first kappa shape index (κ1) is 27.1. The smallest absolute Gasteiger partial charge is 0.119 e. The summed E-state index contributed by atoms with van der Waals surface area (Å²) in [4.78, 5) is 4.88. The molecule has 0 aromatic heterocycles. The average molecular weight is 501 g/mol. The van der Waals surface area contributed by atoms with Crippen LogP contribution in [0.1, 0.15) is 70.0 Å². The second-order valence-corrected chi connectivity index (χ2v) is 9.90. The van der Waals surface area contributed by atoms with Crippen molar-refractivity contribution < 1.29 is 9.47 Å². The predicted molar refractivity (Wildman–Crippen MR) is 155 cm³/mol. The summed E-state index contributed by atoms with van der Waals surface area (Å²) in [5.41, 5.74) is 5.23. The van der Waals surface area contributed by atoms with Gasteiger partial charge in [0.1, 0.15) is 18.1 Å². The molecule has 3 aromatic carbocycles. The van der Waals surface area contributed by atoms with Crippen LogP contribution >= 0.6 is 0 Å². The van der Waals surface area contributed by atoms with E-state index in [2.05, 4.69) is 103 Å². The molecule has 0 spiro atoms. The molecule has 1 aliphatic heterocycles. The van der Waals surface area contributed by atoms with Crippen molar-refractivity contribution in [2.75, 3.05) is 37.7 Å². The number of para-hydroxylation sites is 1. The molecular weight excluding hydrogens is 456 g/mol. The summed E-state index contributed by atoms with van der Waals surface area (Å²) in [5.74, 6) is 1.90. The molecule has 1 atom stereocenters. The van der Waals surface area contributed by atoms with Crippen molar-refractivity contribution in [3.8, 4) is 11.5 Å². The fraction of sp³-hybridized carbons (Fsp3) is 0.455. The molecule has 0 saturated heterocycles. The highest BCUT2D eigenvalue weighted by Crippen LogP contribution is 2.44. The Labute approximate surface area is 224 Å². The van der Waals surface area contributed by atoms with E-state index in [9.17, 15) is 0 Å². The van der Waals surface area contributed by atoms with Crippen LogP contribution in [0.3, 0.4) is 0 Å². The first-order chi connectivity index (χ1) is 18.2. The van der Waals surface area contributed by atoms with Crippen molar-refractivity contribution in [1.29, 1.82) is 0 Å². The number of fused-ring (bicyclic) bond motifs is 1. The van der Waals surface area contributed by atoms with Crippen LogP contribution in [0.5, 0.6) is 11.5 Å². The van der Waals surface area contributed by atoms with Crippen LogP contribution in [0.15, 0.2) is 72.8 Å². The summed E-state index contributed by atoms with van der Waals surface area (Å²) in [7, 11) is 0. The Bertz CT molecular complexity index is 1060. The molecule has 0 saturated carbocycles. The largest absolute Gasteiger partial charge is 0.494 e. The van der Waals surface area contributed by atoms with Crippen molar-refractivity contribution in [1.82, 2.24) is 4.90 Å². The van der Waals surface area contributed by atoms with Crippen LogP contribution < -0.4 is 14.4 Å². The van der Waals surface area contributed by atoms with Crippen LogP contribution in [0.4, 0.5) is 11.4 Å². The first-order valence-electron chi connectivity index (χ1n) is 14.3. The van der Waals surface area contributed by atoms with Gasteiger partial charge in [0.05, 0.1) is 12.6 Å². The maximum absolute atomic E-state index is 6.06. The van der Waals surface area contributed by atoms with Gasteiger partial charge in [-0.25, -0.2) is 0 Å². The molecule has 1 aliphatic rings. The lowest BCUT2D eigenvalue weighted by atomic mass is 9.90. The fourth-order valence-corrected chi connectivity index (χ4v) is 5.22. The molecule has 4 rings (SSSR count). The number of ether oxygens (including phenoxy) is 2. The minimum absolute atomic E-state index is 0.280. The molecule has 0 fully saturated rings. The van der Waals surface area contributed by atoms with E-state index < -0.39 is 0 Å². The van der Waals surface area contributed by atoms with Crippen molar-refractivity contribution in [2.45, 2.75) is 65.3 Å². The Morgan fingerprint density at radius 3 is 2.14 bits per heavy atom. The molecule has 198 valence electrons. The zero-order chi connectivity index (χ0) is 25.9. The van der Waals surface area contributed by atoms with Crippen molar-refractivity contribution in [2.24, 2.45) is 0 Å². The summed E-state index contributed by atoms with van der Waals surface area (Å²) in [6, 6.07) is 26.5. The van der Waals surface area contributed by atoms with Gasteiger partial charge in [-0.05, 0) is 85.9 Å². The number of rotatable bonds is 14. The summed E-state index contributed by atoms with van der Waals surface area (Å²) in [6.07, 6.45) is 7.06. The van der Waals surface area contributed by atoms with Crippen LogP contribution in [-0.4, -0.2) is 37.7 Å². The van der Waals surface area contributed by atoms with Gasteiger partial charge in [0.25, 0.3) is 0 Å². The Hall–Kier alpha value is -2.98. The topological polar surface area (TPSA) is 24.9 Å². The van der Waals surface area contributed by atoms with Crippen LogP contribution in [0, 0.1) is 0 Å². The number of hydrogen-bond acceptors (Lipinski definition) is 4. The molecule has 0 N–H and O–H groups in total. The Morgan fingerprint density at radius 2 is 1.43 bits per heavy atom. The number of benzene rings is 3. The average Bonchev–Trinajstić information content (AvgIpc) is 2.95. The summed E-state index contributed by atoms with van der Waals surface area (Å²) >= 11 is 0. The van der Waals surface area contributed by atoms with E-state index in [1.807, 2.05) is 0 Å². The maximum Gasteiger partial charge on any atom is 0.119 e. The van der Waals surface area contributed by atoms with E-state index in [1.165, 1.54) is 41.8 Å². The quantitative estimate of drug-likeness (QED) is 0.208. The van der Waals surface area contributed by atoms with Crippen molar-refractivity contribution in [3.05, 3.63) is 83.9 Å². The molecule has 0 amide bonds. The first-order valence-corrected chi connectivity index (χ1v) is 14.3. The molecule has 4 heteroatoms. The van der Waals surface area contributed by atoms with Crippen LogP contribution in [0.25, 0.3) is 0 Å². The molecule has 1 heterocycles. The standard InChI is InChI=1S/C33H44N2O2/c1-4-7-8-11-25-36-30-19-14-28(15-20-30)33-23-16-27-12-9-10-13-32(27)35(33)29-17-21-31(22-18-29)37-26-24-34(5-2)6-3/h9-10,12-15,17-22,33H,4-8,11,16,23-26H2,1-3H3. The Morgan fingerprint density at radius 1 is 0.757 bits per heavy atom. The number of likely N-dealkylation sites (N-methyl/N-ethyl adjacent to an activating group) is 1. The number of nitrogens with zero attached hydrogens (tertiary/aromatic N) is 2. The fourth-order valence-electron chi connectivity index (χ4n) is 5.22. The number of hydrogen-bond donors (Lipinski definition) is 0. The van der Waals surface area contributed by atoms with E-state index in [1.54, 1.807) is 0 Å².